The Kier molecular flexibility index (Phi) is 5.09. The van der Waals surface area contributed by atoms with E-state index in [1.807, 2.05) is 12.1 Å². The average molecular weight is 336 g/mol. The number of aromatic hydroxyl groups is 3. The summed E-state index contributed by atoms with van der Waals surface area (Å²) >= 11 is 0. The first-order valence-electron chi connectivity index (χ1n) is 8.14. The van der Waals surface area contributed by atoms with Gasteiger partial charge in [-0.2, -0.15) is 0 Å². The van der Waals surface area contributed by atoms with Gasteiger partial charge >= 0.3 is 0 Å². The monoisotopic (exact) mass is 336 g/mol. The predicted molar refractivity (Wildman–Crippen MR) is 96.0 cm³/mol. The Labute approximate surface area is 146 Å². The third kappa shape index (κ3) is 4.04. The highest BCUT2D eigenvalue weighted by molar-refractivity contribution is 5.47. The molecular weight excluding hydrogens is 316 g/mol. The van der Waals surface area contributed by atoms with Crippen LogP contribution in [0.15, 0.2) is 72.8 Å². The number of para-hydroxylation sites is 2. The molecule has 1 unspecified atom stereocenters. The van der Waals surface area contributed by atoms with Crippen LogP contribution in [0, 0.1) is 0 Å². The molecule has 3 aromatic carbocycles. The molecule has 1 atom stereocenters. The first-order chi connectivity index (χ1) is 12.1. The van der Waals surface area contributed by atoms with Crippen LogP contribution in [0.3, 0.4) is 0 Å². The molecule has 0 saturated heterocycles. The highest BCUT2D eigenvalue weighted by Crippen LogP contribution is 2.34. The largest absolute Gasteiger partial charge is 0.504 e. The maximum atomic E-state index is 8.71. The Bertz CT molecular complexity index is 810. The third-order valence-electron chi connectivity index (χ3n) is 4.08. The zero-order valence-corrected chi connectivity index (χ0v) is 13.7. The number of ether oxygens (including phenoxy) is 1. The summed E-state index contributed by atoms with van der Waals surface area (Å²) in [7, 11) is 0. The van der Waals surface area contributed by atoms with Crippen LogP contribution in [0.5, 0.6) is 23.0 Å². The first kappa shape index (κ1) is 16.7. The van der Waals surface area contributed by atoms with Gasteiger partial charge in [0.15, 0.2) is 17.2 Å². The summed E-state index contributed by atoms with van der Waals surface area (Å²) in [6.07, 6.45) is 2.40. The van der Waals surface area contributed by atoms with Gasteiger partial charge in [-0.1, -0.05) is 54.6 Å². The zero-order chi connectivity index (χ0) is 17.6. The minimum atomic E-state index is -0.475. The topological polar surface area (TPSA) is 69.9 Å². The predicted octanol–water partition coefficient (Wildman–Crippen LogP) is 4.56. The van der Waals surface area contributed by atoms with Crippen molar-refractivity contribution in [1.82, 2.24) is 0 Å². The number of phenols is 3. The minimum Gasteiger partial charge on any atom is -0.504 e. The molecule has 25 heavy (non-hydrogen) atoms. The van der Waals surface area contributed by atoms with E-state index in [-0.39, 0.29) is 17.6 Å². The highest BCUT2D eigenvalue weighted by atomic mass is 16.5. The van der Waals surface area contributed by atoms with Gasteiger partial charge < -0.3 is 20.1 Å². The first-order valence-corrected chi connectivity index (χ1v) is 8.14. The minimum absolute atomic E-state index is 0.219. The Morgan fingerprint density at radius 2 is 1.36 bits per heavy atom. The van der Waals surface area contributed by atoms with Crippen LogP contribution in [-0.4, -0.2) is 15.3 Å². The maximum absolute atomic E-state index is 8.71. The van der Waals surface area contributed by atoms with E-state index in [9.17, 15) is 0 Å². The van der Waals surface area contributed by atoms with Crippen molar-refractivity contribution in [2.75, 3.05) is 0 Å². The summed E-state index contributed by atoms with van der Waals surface area (Å²) in [6.45, 7) is 0. The zero-order valence-electron chi connectivity index (χ0n) is 13.7. The van der Waals surface area contributed by atoms with Gasteiger partial charge in [0.1, 0.15) is 11.9 Å². The van der Waals surface area contributed by atoms with E-state index in [0.29, 0.717) is 0 Å². The number of rotatable bonds is 1. The molecular formula is C21H20O4. The van der Waals surface area contributed by atoms with Crippen molar-refractivity contribution in [2.45, 2.75) is 18.9 Å². The SMILES string of the molecule is Oc1cccc(O)c1O.c1ccc(C2CCc3ccccc3O2)cc1. The van der Waals surface area contributed by atoms with Crippen molar-refractivity contribution in [1.29, 1.82) is 0 Å². The van der Waals surface area contributed by atoms with E-state index in [1.54, 1.807) is 0 Å². The number of hydrogen-bond acceptors (Lipinski definition) is 4. The molecule has 0 fully saturated rings. The third-order valence-corrected chi connectivity index (χ3v) is 4.08. The standard InChI is InChI=1S/C15H14O.C6H6O3/c1-2-6-12(7-3-1)15-11-10-13-8-4-5-9-14(13)16-15;7-4-2-1-3-5(8)6(4)9/h1-9,15H,10-11H2;1-3,7-9H. The number of phenolic OH excluding ortho intramolecular Hbond substituents is 3. The molecule has 0 radical (unpaired) electrons. The molecule has 3 aromatic rings. The average Bonchev–Trinajstić information content (AvgIpc) is 2.67. The smallest absolute Gasteiger partial charge is 0.200 e. The van der Waals surface area contributed by atoms with E-state index >= 15 is 0 Å². The second-order valence-corrected chi connectivity index (χ2v) is 5.81. The van der Waals surface area contributed by atoms with Crippen LogP contribution in [0.2, 0.25) is 0 Å². The lowest BCUT2D eigenvalue weighted by Crippen LogP contribution is -2.14. The Hall–Kier alpha value is -3.14. The van der Waals surface area contributed by atoms with Gasteiger partial charge in [0.25, 0.3) is 0 Å². The number of hydrogen-bond donors (Lipinski definition) is 3. The molecule has 1 aliphatic heterocycles. The van der Waals surface area contributed by atoms with E-state index in [2.05, 4.69) is 42.5 Å². The fraction of sp³-hybridized carbons (Fsp3) is 0.143. The van der Waals surface area contributed by atoms with Gasteiger partial charge in [-0.3, -0.25) is 0 Å². The molecule has 0 spiro atoms. The van der Waals surface area contributed by atoms with Crippen molar-refractivity contribution in [3.05, 3.63) is 83.9 Å². The summed E-state index contributed by atoms with van der Waals surface area (Å²) in [5.41, 5.74) is 2.60. The molecule has 1 aliphatic rings. The second kappa shape index (κ2) is 7.62. The van der Waals surface area contributed by atoms with Crippen molar-refractivity contribution in [3.8, 4) is 23.0 Å². The molecule has 0 bridgehead atoms. The van der Waals surface area contributed by atoms with Crippen LogP contribution < -0.4 is 4.74 Å². The number of aryl methyl sites for hydroxylation is 1. The van der Waals surface area contributed by atoms with Gasteiger partial charge in [-0.05, 0) is 42.2 Å². The van der Waals surface area contributed by atoms with E-state index in [0.717, 1.165) is 18.6 Å². The molecule has 0 amide bonds. The van der Waals surface area contributed by atoms with Gasteiger partial charge in [0, 0.05) is 0 Å². The van der Waals surface area contributed by atoms with Crippen molar-refractivity contribution in [3.63, 3.8) is 0 Å². The Morgan fingerprint density at radius 1 is 0.720 bits per heavy atom. The van der Waals surface area contributed by atoms with E-state index in [4.69, 9.17) is 20.1 Å². The summed E-state index contributed by atoms with van der Waals surface area (Å²) in [5.74, 6) is -0.0508. The summed E-state index contributed by atoms with van der Waals surface area (Å²) in [5, 5.41) is 26.1. The summed E-state index contributed by atoms with van der Waals surface area (Å²) < 4.78 is 6.02. The van der Waals surface area contributed by atoms with Gasteiger partial charge in [-0.15, -0.1) is 0 Å². The Morgan fingerprint density at radius 3 is 2.04 bits per heavy atom. The second-order valence-electron chi connectivity index (χ2n) is 5.81. The van der Waals surface area contributed by atoms with Gasteiger partial charge in [-0.25, -0.2) is 0 Å². The van der Waals surface area contributed by atoms with Gasteiger partial charge in [0.05, 0.1) is 0 Å². The van der Waals surface area contributed by atoms with E-state index in [1.165, 1.54) is 29.3 Å². The van der Waals surface area contributed by atoms with Crippen LogP contribution in [-0.2, 0) is 6.42 Å². The lowest BCUT2D eigenvalue weighted by atomic mass is 9.98. The fourth-order valence-corrected chi connectivity index (χ4v) is 2.75. The number of benzene rings is 3. The molecule has 0 aliphatic carbocycles. The lowest BCUT2D eigenvalue weighted by Gasteiger charge is -2.26. The van der Waals surface area contributed by atoms with Gasteiger partial charge in [0.2, 0.25) is 0 Å². The molecule has 4 nitrogen and oxygen atoms in total. The maximum Gasteiger partial charge on any atom is 0.200 e. The summed E-state index contributed by atoms with van der Waals surface area (Å²) in [6, 6.07) is 22.8. The normalized spacial score (nSPS) is 15.3. The van der Waals surface area contributed by atoms with Crippen LogP contribution in [0.25, 0.3) is 0 Å². The van der Waals surface area contributed by atoms with Crippen molar-refractivity contribution < 1.29 is 20.1 Å². The lowest BCUT2D eigenvalue weighted by molar-refractivity contribution is 0.176. The molecule has 0 aromatic heterocycles. The van der Waals surface area contributed by atoms with Crippen LogP contribution >= 0.6 is 0 Å². The van der Waals surface area contributed by atoms with Crippen molar-refractivity contribution >= 4 is 0 Å². The van der Waals surface area contributed by atoms with E-state index < -0.39 is 5.75 Å². The molecule has 3 N–H and O–H groups in total. The number of fused-ring (bicyclic) bond motifs is 1. The summed E-state index contributed by atoms with van der Waals surface area (Å²) in [4.78, 5) is 0. The quantitative estimate of drug-likeness (QED) is 0.570. The highest BCUT2D eigenvalue weighted by Gasteiger charge is 2.20. The van der Waals surface area contributed by atoms with Crippen LogP contribution in [0.4, 0.5) is 0 Å². The Balaban J connectivity index is 0.000000173. The molecule has 4 rings (SSSR count). The van der Waals surface area contributed by atoms with Crippen LogP contribution in [0.1, 0.15) is 23.7 Å². The molecule has 0 saturated carbocycles. The molecule has 128 valence electrons. The fourth-order valence-electron chi connectivity index (χ4n) is 2.75. The molecule has 4 heteroatoms. The van der Waals surface area contributed by atoms with Crippen molar-refractivity contribution in [2.24, 2.45) is 0 Å². The molecule has 1 heterocycles.